The molecule has 0 aliphatic rings. The molecule has 6 nitrogen and oxygen atoms in total. The molecule has 1 atom stereocenters. The Kier molecular flexibility index (Phi) is 6.69. The van der Waals surface area contributed by atoms with Crippen molar-refractivity contribution in [2.24, 2.45) is 0 Å². The van der Waals surface area contributed by atoms with Crippen molar-refractivity contribution in [2.75, 3.05) is 30.5 Å². The van der Waals surface area contributed by atoms with Gasteiger partial charge < -0.3 is 15.4 Å². The third-order valence-corrected chi connectivity index (χ3v) is 3.46. The summed E-state index contributed by atoms with van der Waals surface area (Å²) >= 11 is 1.85. The summed E-state index contributed by atoms with van der Waals surface area (Å²) in [6.07, 6.45) is 3.21. The molecule has 1 rings (SSSR count). The molecule has 0 aliphatic carbocycles. The Bertz CT molecular complexity index is 388. The van der Waals surface area contributed by atoms with Crippen molar-refractivity contribution in [3.05, 3.63) is 0 Å². The number of aromatic nitrogens is 3. The van der Waals surface area contributed by atoms with Gasteiger partial charge in [-0.25, -0.2) is 0 Å². The molecule has 0 aliphatic heterocycles. The lowest BCUT2D eigenvalue weighted by Gasteiger charge is -2.12. The summed E-state index contributed by atoms with van der Waals surface area (Å²) in [4.78, 5) is 12.6. The highest BCUT2D eigenvalue weighted by molar-refractivity contribution is 7.99. The van der Waals surface area contributed by atoms with Crippen LogP contribution in [0.3, 0.4) is 0 Å². The minimum atomic E-state index is 0.0384. The lowest BCUT2D eigenvalue weighted by molar-refractivity contribution is 0.222. The topological polar surface area (TPSA) is 72.0 Å². The Morgan fingerprint density at radius 1 is 1.16 bits per heavy atom. The molecule has 1 aromatic rings. The van der Waals surface area contributed by atoms with Gasteiger partial charge in [0.25, 0.3) is 0 Å². The monoisotopic (exact) mass is 285 g/mol. The minimum Gasteiger partial charge on any atom is -0.461 e. The molecule has 19 heavy (non-hydrogen) atoms. The zero-order chi connectivity index (χ0) is 14.3. The fourth-order valence-corrected chi connectivity index (χ4v) is 1.67. The summed E-state index contributed by atoms with van der Waals surface area (Å²) in [7, 11) is 1.77. The van der Waals surface area contributed by atoms with Crippen LogP contribution in [0, 0.1) is 0 Å². The van der Waals surface area contributed by atoms with E-state index in [0.717, 1.165) is 13.0 Å². The van der Waals surface area contributed by atoms with Gasteiger partial charge in [-0.3, -0.25) is 0 Å². The first-order valence-electron chi connectivity index (χ1n) is 6.42. The van der Waals surface area contributed by atoms with E-state index in [1.807, 2.05) is 25.6 Å². The van der Waals surface area contributed by atoms with Crippen LogP contribution in [0.1, 0.15) is 27.2 Å². The highest BCUT2D eigenvalue weighted by Gasteiger charge is 2.08. The molecule has 0 aromatic carbocycles. The number of thioether (sulfide) groups is 1. The van der Waals surface area contributed by atoms with Crippen molar-refractivity contribution in [3.63, 3.8) is 0 Å². The van der Waals surface area contributed by atoms with E-state index in [9.17, 15) is 0 Å². The van der Waals surface area contributed by atoms with E-state index in [0.29, 0.717) is 23.2 Å². The van der Waals surface area contributed by atoms with E-state index in [2.05, 4.69) is 38.8 Å². The number of hydrogen-bond acceptors (Lipinski definition) is 7. The molecule has 2 N–H and O–H groups in total. The van der Waals surface area contributed by atoms with Crippen LogP contribution in [0.5, 0.6) is 6.01 Å². The Morgan fingerprint density at radius 3 is 2.42 bits per heavy atom. The molecule has 1 heterocycles. The fraction of sp³-hybridized carbons (Fsp3) is 0.750. The van der Waals surface area contributed by atoms with Gasteiger partial charge in [0.05, 0.1) is 6.10 Å². The van der Waals surface area contributed by atoms with Crippen LogP contribution in [-0.4, -0.2) is 46.2 Å². The van der Waals surface area contributed by atoms with Crippen LogP contribution in [0.2, 0.25) is 0 Å². The largest absolute Gasteiger partial charge is 0.461 e. The average molecular weight is 285 g/mol. The number of anilines is 2. The second-order valence-corrected chi connectivity index (χ2v) is 5.72. The molecule has 0 spiro atoms. The predicted molar refractivity (Wildman–Crippen MR) is 81.2 cm³/mol. The first-order chi connectivity index (χ1) is 9.05. The van der Waals surface area contributed by atoms with Gasteiger partial charge in [0, 0.05) is 18.8 Å². The third-order valence-electron chi connectivity index (χ3n) is 2.42. The maximum Gasteiger partial charge on any atom is 0.323 e. The van der Waals surface area contributed by atoms with Crippen LogP contribution in [-0.2, 0) is 0 Å². The number of rotatable bonds is 8. The second kappa shape index (κ2) is 8.04. The first kappa shape index (κ1) is 15.8. The van der Waals surface area contributed by atoms with E-state index in [1.54, 1.807) is 7.05 Å². The van der Waals surface area contributed by atoms with Crippen LogP contribution >= 0.6 is 11.8 Å². The SMILES string of the molecule is CNc1nc(NCCC(C)SC)nc(OC(C)C)n1. The molecule has 1 aromatic heterocycles. The van der Waals surface area contributed by atoms with Crippen molar-refractivity contribution < 1.29 is 4.74 Å². The van der Waals surface area contributed by atoms with Crippen molar-refractivity contribution in [2.45, 2.75) is 38.5 Å². The summed E-state index contributed by atoms with van der Waals surface area (Å²) in [5.41, 5.74) is 0. The molecular weight excluding hydrogens is 262 g/mol. The van der Waals surface area contributed by atoms with E-state index in [-0.39, 0.29) is 6.10 Å². The van der Waals surface area contributed by atoms with Gasteiger partial charge in [0.1, 0.15) is 0 Å². The molecule has 0 saturated carbocycles. The smallest absolute Gasteiger partial charge is 0.323 e. The predicted octanol–water partition coefficient (Wildman–Crippen LogP) is 2.25. The van der Waals surface area contributed by atoms with Crippen LogP contribution < -0.4 is 15.4 Å². The van der Waals surface area contributed by atoms with E-state index in [1.165, 1.54) is 0 Å². The van der Waals surface area contributed by atoms with Gasteiger partial charge in [0.2, 0.25) is 11.9 Å². The number of nitrogens with one attached hydrogen (secondary N) is 2. The highest BCUT2D eigenvalue weighted by atomic mass is 32.2. The summed E-state index contributed by atoms with van der Waals surface area (Å²) in [5.74, 6) is 1.05. The summed E-state index contributed by atoms with van der Waals surface area (Å²) in [6.45, 7) is 6.91. The average Bonchev–Trinajstić information content (AvgIpc) is 2.37. The molecule has 0 radical (unpaired) electrons. The summed E-state index contributed by atoms with van der Waals surface area (Å²) in [5, 5.41) is 6.72. The fourth-order valence-electron chi connectivity index (χ4n) is 1.32. The summed E-state index contributed by atoms with van der Waals surface area (Å²) in [6, 6.07) is 0.342. The number of nitrogens with zero attached hydrogens (tertiary/aromatic N) is 3. The van der Waals surface area contributed by atoms with E-state index in [4.69, 9.17) is 4.74 Å². The number of ether oxygens (including phenoxy) is 1. The quantitative estimate of drug-likeness (QED) is 0.759. The molecule has 0 bridgehead atoms. The zero-order valence-electron chi connectivity index (χ0n) is 12.2. The molecule has 7 heteroatoms. The van der Waals surface area contributed by atoms with Crippen molar-refractivity contribution >= 4 is 23.7 Å². The lowest BCUT2D eigenvalue weighted by Crippen LogP contribution is -2.14. The molecule has 1 unspecified atom stereocenters. The highest BCUT2D eigenvalue weighted by Crippen LogP contribution is 2.13. The molecular formula is C12H23N5OS. The van der Waals surface area contributed by atoms with Crippen molar-refractivity contribution in [1.82, 2.24) is 15.0 Å². The van der Waals surface area contributed by atoms with Crippen LogP contribution in [0.15, 0.2) is 0 Å². The zero-order valence-corrected chi connectivity index (χ0v) is 13.0. The van der Waals surface area contributed by atoms with Gasteiger partial charge in [-0.2, -0.15) is 26.7 Å². The maximum atomic E-state index is 5.50. The Labute approximate surface area is 119 Å². The minimum absolute atomic E-state index is 0.0384. The lowest BCUT2D eigenvalue weighted by atomic mass is 10.3. The van der Waals surface area contributed by atoms with Crippen molar-refractivity contribution in [1.29, 1.82) is 0 Å². The van der Waals surface area contributed by atoms with E-state index >= 15 is 0 Å². The normalized spacial score (nSPS) is 12.3. The summed E-state index contributed by atoms with van der Waals surface area (Å²) < 4.78 is 5.50. The van der Waals surface area contributed by atoms with Gasteiger partial charge in [0.15, 0.2) is 0 Å². The van der Waals surface area contributed by atoms with Gasteiger partial charge >= 0.3 is 6.01 Å². The third kappa shape index (κ3) is 5.96. The molecule has 108 valence electrons. The first-order valence-corrected chi connectivity index (χ1v) is 7.71. The molecule has 0 saturated heterocycles. The van der Waals surface area contributed by atoms with Gasteiger partial charge in [-0.1, -0.05) is 6.92 Å². The number of hydrogen-bond donors (Lipinski definition) is 2. The van der Waals surface area contributed by atoms with Crippen LogP contribution in [0.4, 0.5) is 11.9 Å². The molecule has 0 amide bonds. The van der Waals surface area contributed by atoms with Gasteiger partial charge in [-0.05, 0) is 26.5 Å². The Balaban J connectivity index is 2.65. The van der Waals surface area contributed by atoms with Crippen molar-refractivity contribution in [3.8, 4) is 6.01 Å². The second-order valence-electron chi connectivity index (χ2n) is 4.44. The van der Waals surface area contributed by atoms with Crippen LogP contribution in [0.25, 0.3) is 0 Å². The Morgan fingerprint density at radius 2 is 1.84 bits per heavy atom. The maximum absolute atomic E-state index is 5.50. The standard InChI is InChI=1S/C12H23N5OS/c1-8(2)18-12-16-10(13-4)15-11(17-12)14-7-6-9(3)19-5/h8-9H,6-7H2,1-5H3,(H2,13,14,15,16,17). The molecule has 0 fully saturated rings. The van der Waals surface area contributed by atoms with Gasteiger partial charge in [-0.15, -0.1) is 0 Å². The van der Waals surface area contributed by atoms with E-state index < -0.39 is 0 Å². The Hall–Kier alpha value is -1.24.